The topological polar surface area (TPSA) is 55.4 Å². The lowest BCUT2D eigenvalue weighted by molar-refractivity contribution is -0.275. The third-order valence-corrected chi connectivity index (χ3v) is 4.34. The molecule has 2 aromatic carbocycles. The van der Waals surface area contributed by atoms with Crippen LogP contribution in [0.15, 0.2) is 47.4 Å². The van der Waals surface area contributed by atoms with E-state index >= 15 is 0 Å². The Morgan fingerprint density at radius 3 is 2.13 bits per heavy atom. The normalized spacial score (nSPS) is 12.0. The van der Waals surface area contributed by atoms with E-state index in [1.54, 1.807) is 0 Å². The second-order valence-electron chi connectivity index (χ2n) is 4.26. The summed E-state index contributed by atoms with van der Waals surface area (Å²) in [4.78, 5) is -0.673. The van der Waals surface area contributed by atoms with Crippen molar-refractivity contribution in [2.75, 3.05) is 4.72 Å². The van der Waals surface area contributed by atoms with E-state index in [4.69, 9.17) is 23.2 Å². The van der Waals surface area contributed by atoms with Gasteiger partial charge in [0.25, 0.3) is 10.0 Å². The predicted molar refractivity (Wildman–Crippen MR) is 80.4 cm³/mol. The van der Waals surface area contributed by atoms with Crippen molar-refractivity contribution in [2.24, 2.45) is 0 Å². The molecule has 0 aliphatic carbocycles. The molecule has 0 radical (unpaired) electrons. The van der Waals surface area contributed by atoms with Gasteiger partial charge in [0.15, 0.2) is 0 Å². The van der Waals surface area contributed by atoms with Crippen LogP contribution in [0.2, 0.25) is 10.0 Å². The van der Waals surface area contributed by atoms with Crippen LogP contribution in [0, 0.1) is 0 Å². The SMILES string of the molecule is O=S(=O)(Nc1cc(Cl)cc(Cl)c1)c1ccccc1OC(F)(F)F. The van der Waals surface area contributed by atoms with Crippen LogP contribution >= 0.6 is 23.2 Å². The van der Waals surface area contributed by atoms with Gasteiger partial charge in [-0.1, -0.05) is 35.3 Å². The van der Waals surface area contributed by atoms with Crippen LogP contribution in [0.4, 0.5) is 18.9 Å². The van der Waals surface area contributed by atoms with Crippen molar-refractivity contribution in [3.8, 4) is 5.75 Å². The Balaban J connectivity index is 2.40. The number of hydrogen-bond donors (Lipinski definition) is 1. The molecule has 0 spiro atoms. The highest BCUT2D eigenvalue weighted by Gasteiger charge is 2.34. The summed E-state index contributed by atoms with van der Waals surface area (Å²) >= 11 is 11.5. The number of anilines is 1. The fourth-order valence-corrected chi connectivity index (χ4v) is 3.40. The molecular weight excluding hydrogens is 378 g/mol. The summed E-state index contributed by atoms with van der Waals surface area (Å²) in [5.74, 6) is -0.847. The Hall–Kier alpha value is -1.64. The zero-order chi connectivity index (χ0) is 17.3. The molecule has 10 heteroatoms. The summed E-state index contributed by atoms with van der Waals surface area (Å²) in [7, 11) is -4.34. The number of nitrogens with one attached hydrogen (secondary N) is 1. The molecule has 0 aliphatic rings. The van der Waals surface area contributed by atoms with E-state index in [-0.39, 0.29) is 15.7 Å². The Morgan fingerprint density at radius 2 is 1.57 bits per heavy atom. The van der Waals surface area contributed by atoms with Gasteiger partial charge in [0.1, 0.15) is 10.6 Å². The molecule has 0 atom stereocenters. The van der Waals surface area contributed by atoms with E-state index in [0.717, 1.165) is 12.1 Å². The smallest absolute Gasteiger partial charge is 0.404 e. The minimum Gasteiger partial charge on any atom is -0.404 e. The molecular formula is C13H8Cl2F3NO3S. The molecule has 0 aromatic heterocycles. The van der Waals surface area contributed by atoms with Crippen LogP contribution in [-0.2, 0) is 10.0 Å². The molecule has 0 saturated heterocycles. The van der Waals surface area contributed by atoms with E-state index in [1.807, 2.05) is 0 Å². The predicted octanol–water partition coefficient (Wildman–Crippen LogP) is 4.69. The van der Waals surface area contributed by atoms with Gasteiger partial charge >= 0.3 is 6.36 Å². The molecule has 2 rings (SSSR count). The molecule has 23 heavy (non-hydrogen) atoms. The molecule has 0 amide bonds. The Morgan fingerprint density at radius 1 is 1.00 bits per heavy atom. The second-order valence-corrected chi connectivity index (χ2v) is 6.78. The van der Waals surface area contributed by atoms with Crippen molar-refractivity contribution in [2.45, 2.75) is 11.3 Å². The van der Waals surface area contributed by atoms with Gasteiger partial charge in [0, 0.05) is 10.0 Å². The highest BCUT2D eigenvalue weighted by Crippen LogP contribution is 2.31. The standard InChI is InChI=1S/C13H8Cl2F3NO3S/c14-8-5-9(15)7-10(6-8)19-23(20,21)12-4-2-1-3-11(12)22-13(16,17)18/h1-7,19H. The van der Waals surface area contributed by atoms with Crippen molar-refractivity contribution in [3.63, 3.8) is 0 Å². The molecule has 1 N–H and O–H groups in total. The molecule has 0 aliphatic heterocycles. The lowest BCUT2D eigenvalue weighted by Gasteiger charge is -2.14. The number of hydrogen-bond acceptors (Lipinski definition) is 3. The van der Waals surface area contributed by atoms with Crippen molar-refractivity contribution in [1.82, 2.24) is 0 Å². The van der Waals surface area contributed by atoms with Gasteiger partial charge in [-0.25, -0.2) is 8.42 Å². The maximum absolute atomic E-state index is 12.4. The van der Waals surface area contributed by atoms with Gasteiger partial charge in [-0.15, -0.1) is 13.2 Å². The number of halogens is 5. The molecule has 0 heterocycles. The van der Waals surface area contributed by atoms with Crippen LogP contribution in [0.25, 0.3) is 0 Å². The van der Waals surface area contributed by atoms with Gasteiger partial charge in [0.05, 0.1) is 5.69 Å². The number of ether oxygens (including phenoxy) is 1. The molecule has 0 fully saturated rings. The Bertz CT molecular complexity index is 805. The van der Waals surface area contributed by atoms with Gasteiger partial charge in [-0.05, 0) is 30.3 Å². The van der Waals surface area contributed by atoms with Crippen LogP contribution < -0.4 is 9.46 Å². The highest BCUT2D eigenvalue weighted by molar-refractivity contribution is 7.92. The van der Waals surface area contributed by atoms with Crippen molar-refractivity contribution in [1.29, 1.82) is 0 Å². The molecule has 0 unspecified atom stereocenters. The minimum atomic E-state index is -5.02. The Labute approximate surface area is 139 Å². The molecule has 4 nitrogen and oxygen atoms in total. The van der Waals surface area contributed by atoms with Crippen molar-refractivity contribution < 1.29 is 26.3 Å². The number of alkyl halides is 3. The first kappa shape index (κ1) is 17.7. The average Bonchev–Trinajstić information content (AvgIpc) is 2.35. The van der Waals surface area contributed by atoms with Gasteiger partial charge in [-0.3, -0.25) is 4.72 Å². The summed E-state index contributed by atoms with van der Waals surface area (Å²) in [5, 5.41) is 0.324. The maximum atomic E-state index is 12.4. The molecule has 0 bridgehead atoms. The highest BCUT2D eigenvalue weighted by atomic mass is 35.5. The lowest BCUT2D eigenvalue weighted by atomic mass is 10.3. The fourth-order valence-electron chi connectivity index (χ4n) is 1.70. The van der Waals surface area contributed by atoms with Gasteiger partial charge in [-0.2, -0.15) is 0 Å². The monoisotopic (exact) mass is 385 g/mol. The third-order valence-electron chi connectivity index (χ3n) is 2.48. The van der Waals surface area contributed by atoms with Crippen molar-refractivity contribution in [3.05, 3.63) is 52.5 Å². The van der Waals surface area contributed by atoms with Gasteiger partial charge < -0.3 is 4.74 Å². The number of sulfonamides is 1. The van der Waals surface area contributed by atoms with Gasteiger partial charge in [0.2, 0.25) is 0 Å². The molecule has 0 saturated carbocycles. The summed E-state index contributed by atoms with van der Waals surface area (Å²) in [5.41, 5.74) is 0.00399. The van der Waals surface area contributed by atoms with E-state index in [2.05, 4.69) is 9.46 Å². The zero-order valence-corrected chi connectivity index (χ0v) is 13.4. The molecule has 2 aromatic rings. The van der Waals surface area contributed by atoms with E-state index in [0.29, 0.717) is 0 Å². The second kappa shape index (κ2) is 6.46. The number of rotatable bonds is 4. The van der Waals surface area contributed by atoms with Crippen LogP contribution in [-0.4, -0.2) is 14.8 Å². The summed E-state index contributed by atoms with van der Waals surface area (Å²) in [6.07, 6.45) is -5.02. The molecule has 124 valence electrons. The first-order chi connectivity index (χ1) is 10.6. The van der Waals surface area contributed by atoms with E-state index < -0.39 is 27.0 Å². The summed E-state index contributed by atoms with van der Waals surface area (Å²) in [6.45, 7) is 0. The summed E-state index contributed by atoms with van der Waals surface area (Å²) in [6, 6.07) is 8.26. The van der Waals surface area contributed by atoms with E-state index in [1.165, 1.54) is 30.3 Å². The average molecular weight is 386 g/mol. The lowest BCUT2D eigenvalue weighted by Crippen LogP contribution is -2.20. The fraction of sp³-hybridized carbons (Fsp3) is 0.0769. The first-order valence-electron chi connectivity index (χ1n) is 5.90. The number of benzene rings is 2. The maximum Gasteiger partial charge on any atom is 0.573 e. The first-order valence-corrected chi connectivity index (χ1v) is 8.14. The van der Waals surface area contributed by atoms with E-state index in [9.17, 15) is 21.6 Å². The largest absolute Gasteiger partial charge is 0.573 e. The number of para-hydroxylation sites is 1. The van der Waals surface area contributed by atoms with Crippen LogP contribution in [0.3, 0.4) is 0 Å². The van der Waals surface area contributed by atoms with Crippen LogP contribution in [0.5, 0.6) is 5.75 Å². The zero-order valence-electron chi connectivity index (χ0n) is 11.1. The van der Waals surface area contributed by atoms with Crippen LogP contribution in [0.1, 0.15) is 0 Å². The Kier molecular flexibility index (Phi) is 4.98. The third kappa shape index (κ3) is 4.92. The quantitative estimate of drug-likeness (QED) is 0.830. The van der Waals surface area contributed by atoms with Crippen molar-refractivity contribution >= 4 is 38.9 Å². The summed E-state index contributed by atoms with van der Waals surface area (Å²) < 4.78 is 67.5. The minimum absolute atomic E-state index is 0.00399.